The monoisotopic (exact) mass is 278 g/mol. The topological polar surface area (TPSA) is 38.7 Å². The van der Waals surface area contributed by atoms with E-state index >= 15 is 0 Å². The Bertz CT molecular complexity index is 388. The van der Waals surface area contributed by atoms with Gasteiger partial charge in [0.2, 0.25) is 0 Å². The summed E-state index contributed by atoms with van der Waals surface area (Å²) in [4.78, 5) is 0. The lowest BCUT2D eigenvalue weighted by Gasteiger charge is -2.31. The van der Waals surface area contributed by atoms with Crippen LogP contribution in [0, 0.1) is 11.8 Å². The van der Waals surface area contributed by atoms with Gasteiger partial charge in [-0.05, 0) is 5.56 Å². The first-order valence-corrected chi connectivity index (χ1v) is 7.03. The highest BCUT2D eigenvalue weighted by molar-refractivity contribution is 5.49. The molecule has 1 aromatic carbocycles. The van der Waals surface area contributed by atoms with E-state index in [0.29, 0.717) is 0 Å². The molecule has 4 atom stereocenters. The fourth-order valence-corrected chi connectivity index (χ4v) is 2.49. The Morgan fingerprint density at radius 1 is 1.10 bits per heavy atom. The summed E-state index contributed by atoms with van der Waals surface area (Å²) in [6.45, 7) is 4.18. The number of hydrogen-bond donors (Lipinski definition) is 1. The van der Waals surface area contributed by atoms with Crippen molar-refractivity contribution in [2.75, 3.05) is 20.8 Å². The molecule has 3 heteroatoms. The van der Waals surface area contributed by atoms with Crippen molar-refractivity contribution in [2.24, 2.45) is 11.8 Å². The van der Waals surface area contributed by atoms with Crippen LogP contribution in [-0.4, -0.2) is 38.1 Å². The van der Waals surface area contributed by atoms with Crippen LogP contribution in [0.4, 0.5) is 0 Å². The van der Waals surface area contributed by atoms with Gasteiger partial charge in [0, 0.05) is 32.7 Å². The summed E-state index contributed by atoms with van der Waals surface area (Å²) in [5, 5.41) is 9.31. The summed E-state index contributed by atoms with van der Waals surface area (Å²) in [6, 6.07) is 10.1. The van der Waals surface area contributed by atoms with E-state index in [1.54, 1.807) is 14.2 Å². The zero-order chi connectivity index (χ0) is 15.0. The van der Waals surface area contributed by atoms with Crippen molar-refractivity contribution in [3.8, 4) is 0 Å². The maximum Gasteiger partial charge on any atom is 0.0805 e. The van der Waals surface area contributed by atoms with Crippen molar-refractivity contribution < 1.29 is 14.6 Å². The van der Waals surface area contributed by atoms with Crippen LogP contribution in [0.25, 0.3) is 6.08 Å². The largest absolute Gasteiger partial charge is 0.396 e. The molecular formula is C17H26O3. The minimum atomic E-state index is -0.0471. The number of methoxy groups -OCH3 is 2. The molecule has 1 N–H and O–H groups in total. The number of aliphatic hydroxyl groups excluding tert-OH is 1. The second-order valence-electron chi connectivity index (χ2n) is 5.19. The first-order valence-electron chi connectivity index (χ1n) is 7.03. The van der Waals surface area contributed by atoms with Crippen LogP contribution in [0.1, 0.15) is 19.4 Å². The fourth-order valence-electron chi connectivity index (χ4n) is 2.49. The maximum absolute atomic E-state index is 9.31. The second-order valence-corrected chi connectivity index (χ2v) is 5.19. The van der Waals surface area contributed by atoms with Gasteiger partial charge in [-0.25, -0.2) is 0 Å². The Morgan fingerprint density at radius 3 is 2.25 bits per heavy atom. The van der Waals surface area contributed by atoms with Crippen molar-refractivity contribution in [2.45, 2.75) is 26.1 Å². The number of hydrogen-bond acceptors (Lipinski definition) is 3. The molecule has 0 fully saturated rings. The standard InChI is InChI=1S/C17H26O3/c1-13(12-18)17(20-4)14(2)16(19-3)11-10-15-8-6-5-7-9-15/h5-11,13-14,16-18H,12H2,1-4H3/b11-10+/t13-,14+,16-,17-/m0/s1. The lowest BCUT2D eigenvalue weighted by molar-refractivity contribution is -0.0435. The van der Waals surface area contributed by atoms with E-state index in [-0.39, 0.29) is 30.7 Å². The van der Waals surface area contributed by atoms with Crippen molar-refractivity contribution in [1.82, 2.24) is 0 Å². The third-order valence-corrected chi connectivity index (χ3v) is 3.71. The molecule has 0 radical (unpaired) electrons. The van der Waals surface area contributed by atoms with Crippen LogP contribution < -0.4 is 0 Å². The SMILES string of the molecule is CO[C@H]([C@H](C)[C@H](/C=C/c1ccccc1)OC)[C@@H](C)CO. The summed E-state index contributed by atoms with van der Waals surface area (Å²) < 4.78 is 11.1. The normalized spacial score (nSPS) is 17.9. The van der Waals surface area contributed by atoms with E-state index in [1.807, 2.05) is 25.1 Å². The highest BCUT2D eigenvalue weighted by Gasteiger charge is 2.28. The van der Waals surface area contributed by atoms with Gasteiger partial charge < -0.3 is 14.6 Å². The third-order valence-electron chi connectivity index (χ3n) is 3.71. The summed E-state index contributed by atoms with van der Waals surface area (Å²) in [5.74, 6) is 0.241. The van der Waals surface area contributed by atoms with Gasteiger partial charge in [0.05, 0.1) is 12.2 Å². The Kier molecular flexibility index (Phi) is 7.52. The predicted octanol–water partition coefficient (Wildman–Crippen LogP) is 2.99. The fraction of sp³-hybridized carbons (Fsp3) is 0.529. The molecule has 0 bridgehead atoms. The van der Waals surface area contributed by atoms with E-state index in [4.69, 9.17) is 9.47 Å². The molecule has 0 aliphatic carbocycles. The van der Waals surface area contributed by atoms with Gasteiger partial charge >= 0.3 is 0 Å². The first-order chi connectivity index (χ1) is 9.63. The number of ether oxygens (including phenoxy) is 2. The average molecular weight is 278 g/mol. The molecule has 0 saturated heterocycles. The molecule has 112 valence electrons. The lowest BCUT2D eigenvalue weighted by atomic mass is 9.89. The van der Waals surface area contributed by atoms with Crippen molar-refractivity contribution in [3.05, 3.63) is 42.0 Å². The van der Waals surface area contributed by atoms with Gasteiger partial charge in [-0.2, -0.15) is 0 Å². The van der Waals surface area contributed by atoms with Gasteiger partial charge in [0.15, 0.2) is 0 Å². The molecule has 0 spiro atoms. The van der Waals surface area contributed by atoms with Gasteiger partial charge in [0.25, 0.3) is 0 Å². The molecule has 0 aliphatic rings. The maximum atomic E-state index is 9.31. The van der Waals surface area contributed by atoms with Crippen LogP contribution in [0.3, 0.4) is 0 Å². The molecule has 1 aromatic rings. The van der Waals surface area contributed by atoms with Gasteiger partial charge in [-0.1, -0.05) is 56.3 Å². The average Bonchev–Trinajstić information content (AvgIpc) is 2.49. The van der Waals surface area contributed by atoms with Crippen LogP contribution >= 0.6 is 0 Å². The molecule has 1 rings (SSSR count). The van der Waals surface area contributed by atoms with Crippen molar-refractivity contribution in [3.63, 3.8) is 0 Å². The van der Waals surface area contributed by atoms with Crippen LogP contribution in [-0.2, 0) is 9.47 Å². The number of benzene rings is 1. The predicted molar refractivity (Wildman–Crippen MR) is 82.5 cm³/mol. The quantitative estimate of drug-likeness (QED) is 0.794. The molecular weight excluding hydrogens is 252 g/mol. The van der Waals surface area contributed by atoms with Crippen LogP contribution in [0.5, 0.6) is 0 Å². The molecule has 3 nitrogen and oxygen atoms in total. The highest BCUT2D eigenvalue weighted by atomic mass is 16.5. The van der Waals surface area contributed by atoms with Gasteiger partial charge in [-0.15, -0.1) is 0 Å². The Balaban J connectivity index is 2.76. The van der Waals surface area contributed by atoms with Gasteiger partial charge in [-0.3, -0.25) is 0 Å². The number of rotatable bonds is 8. The molecule has 20 heavy (non-hydrogen) atoms. The molecule has 0 aromatic heterocycles. The summed E-state index contributed by atoms with van der Waals surface area (Å²) >= 11 is 0. The third kappa shape index (κ3) is 4.75. The zero-order valence-electron chi connectivity index (χ0n) is 12.8. The van der Waals surface area contributed by atoms with E-state index in [0.717, 1.165) is 5.56 Å². The Morgan fingerprint density at radius 2 is 1.75 bits per heavy atom. The molecule has 0 unspecified atom stereocenters. The second kappa shape index (κ2) is 8.90. The minimum absolute atomic E-state index is 0.0367. The zero-order valence-corrected chi connectivity index (χ0v) is 12.8. The molecule has 0 saturated carbocycles. The van der Waals surface area contributed by atoms with Gasteiger partial charge in [0.1, 0.15) is 0 Å². The van der Waals surface area contributed by atoms with E-state index in [1.165, 1.54) is 0 Å². The van der Waals surface area contributed by atoms with Crippen molar-refractivity contribution >= 4 is 6.08 Å². The molecule has 0 amide bonds. The van der Waals surface area contributed by atoms with Crippen LogP contribution in [0.2, 0.25) is 0 Å². The molecule has 0 heterocycles. The smallest absolute Gasteiger partial charge is 0.0805 e. The summed E-state index contributed by atoms with van der Waals surface area (Å²) in [7, 11) is 3.38. The summed E-state index contributed by atoms with van der Waals surface area (Å²) in [5.41, 5.74) is 1.14. The first kappa shape index (κ1) is 16.9. The lowest BCUT2D eigenvalue weighted by Crippen LogP contribution is -2.37. The minimum Gasteiger partial charge on any atom is -0.396 e. The van der Waals surface area contributed by atoms with E-state index < -0.39 is 0 Å². The Labute approximate surface area is 122 Å². The highest BCUT2D eigenvalue weighted by Crippen LogP contribution is 2.22. The number of aliphatic hydroxyl groups is 1. The van der Waals surface area contributed by atoms with Crippen molar-refractivity contribution in [1.29, 1.82) is 0 Å². The van der Waals surface area contributed by atoms with E-state index in [9.17, 15) is 5.11 Å². The summed E-state index contributed by atoms with van der Waals surface area (Å²) in [6.07, 6.45) is 4.02. The van der Waals surface area contributed by atoms with E-state index in [2.05, 4.69) is 31.2 Å². The molecule has 0 aliphatic heterocycles. The van der Waals surface area contributed by atoms with Crippen LogP contribution in [0.15, 0.2) is 36.4 Å². The Hall–Kier alpha value is -1.16.